The fourth-order valence-electron chi connectivity index (χ4n) is 1.79. The first-order valence-electron chi connectivity index (χ1n) is 5.12. The third-order valence-electron chi connectivity index (χ3n) is 2.59. The highest BCUT2D eigenvalue weighted by Gasteiger charge is 2.20. The van der Waals surface area contributed by atoms with Gasteiger partial charge in [-0.2, -0.15) is 11.8 Å². The van der Waals surface area contributed by atoms with Crippen LogP contribution >= 0.6 is 27.7 Å². The number of halogens is 1. The zero-order chi connectivity index (χ0) is 10.7. The van der Waals surface area contributed by atoms with E-state index in [0.29, 0.717) is 5.25 Å². The van der Waals surface area contributed by atoms with E-state index in [-0.39, 0.29) is 0 Å². The van der Waals surface area contributed by atoms with Crippen LogP contribution in [-0.2, 0) is 0 Å². The maximum absolute atomic E-state index is 5.72. The lowest BCUT2D eigenvalue weighted by Crippen LogP contribution is -2.41. The molecule has 0 radical (unpaired) electrons. The van der Waals surface area contributed by atoms with Gasteiger partial charge in [-0.25, -0.2) is 0 Å². The molecule has 2 N–H and O–H groups in total. The topological polar surface area (TPSA) is 29.3 Å². The van der Waals surface area contributed by atoms with Crippen LogP contribution in [0.15, 0.2) is 28.7 Å². The molecule has 0 aliphatic carbocycles. The molecule has 1 aliphatic heterocycles. The number of nitrogens with two attached hydrogens (primary N) is 1. The van der Waals surface area contributed by atoms with Crippen molar-refractivity contribution in [3.8, 4) is 0 Å². The molecule has 0 amide bonds. The standard InChI is InChI=1S/C11H15BrN2S/c12-10-3-1-2-4-11(10)14-5-6-15-9(7-13)8-14/h1-4,9H,5-8,13H2. The van der Waals surface area contributed by atoms with Gasteiger partial charge in [0.05, 0.1) is 5.69 Å². The van der Waals surface area contributed by atoms with Crippen molar-refractivity contribution >= 4 is 33.4 Å². The number of para-hydroxylation sites is 1. The lowest BCUT2D eigenvalue weighted by Gasteiger charge is -2.34. The van der Waals surface area contributed by atoms with Crippen molar-refractivity contribution in [1.82, 2.24) is 0 Å². The molecule has 1 heterocycles. The first-order chi connectivity index (χ1) is 7.31. The van der Waals surface area contributed by atoms with Gasteiger partial charge in [0.2, 0.25) is 0 Å². The molecule has 0 bridgehead atoms. The average molecular weight is 287 g/mol. The van der Waals surface area contributed by atoms with Crippen LogP contribution < -0.4 is 10.6 Å². The van der Waals surface area contributed by atoms with Gasteiger partial charge in [-0.05, 0) is 28.1 Å². The molecule has 1 fully saturated rings. The Bertz CT molecular complexity index is 332. The summed E-state index contributed by atoms with van der Waals surface area (Å²) in [6.07, 6.45) is 0. The zero-order valence-electron chi connectivity index (χ0n) is 8.53. The van der Waals surface area contributed by atoms with Crippen molar-refractivity contribution in [1.29, 1.82) is 0 Å². The van der Waals surface area contributed by atoms with Crippen LogP contribution in [0.3, 0.4) is 0 Å². The first kappa shape index (κ1) is 11.3. The van der Waals surface area contributed by atoms with E-state index in [2.05, 4.69) is 39.0 Å². The van der Waals surface area contributed by atoms with Gasteiger partial charge in [0.25, 0.3) is 0 Å². The van der Waals surface area contributed by atoms with E-state index in [0.717, 1.165) is 19.6 Å². The molecular formula is C11H15BrN2S. The molecule has 1 unspecified atom stereocenters. The monoisotopic (exact) mass is 286 g/mol. The van der Waals surface area contributed by atoms with Crippen LogP contribution in [0.4, 0.5) is 5.69 Å². The van der Waals surface area contributed by atoms with Crippen LogP contribution in [0.25, 0.3) is 0 Å². The first-order valence-corrected chi connectivity index (χ1v) is 6.96. The molecule has 82 valence electrons. The molecule has 2 rings (SSSR count). The Morgan fingerprint density at radius 1 is 1.47 bits per heavy atom. The fourth-order valence-corrected chi connectivity index (χ4v) is 3.41. The van der Waals surface area contributed by atoms with E-state index in [1.165, 1.54) is 15.9 Å². The average Bonchev–Trinajstić information content (AvgIpc) is 2.30. The Kier molecular flexibility index (Phi) is 3.94. The Hall–Kier alpha value is -0.190. The highest BCUT2D eigenvalue weighted by molar-refractivity contribution is 9.10. The molecule has 4 heteroatoms. The second-order valence-electron chi connectivity index (χ2n) is 3.63. The van der Waals surface area contributed by atoms with Crippen LogP contribution in [0.1, 0.15) is 0 Å². The summed E-state index contributed by atoms with van der Waals surface area (Å²) in [6.45, 7) is 2.94. The van der Waals surface area contributed by atoms with Gasteiger partial charge in [-0.3, -0.25) is 0 Å². The summed E-state index contributed by atoms with van der Waals surface area (Å²) in [5.74, 6) is 1.17. The molecular weight excluding hydrogens is 272 g/mol. The molecule has 1 aromatic carbocycles. The zero-order valence-corrected chi connectivity index (χ0v) is 10.9. The Morgan fingerprint density at radius 2 is 2.27 bits per heavy atom. The Morgan fingerprint density at radius 3 is 3.00 bits per heavy atom. The summed E-state index contributed by atoms with van der Waals surface area (Å²) >= 11 is 5.58. The van der Waals surface area contributed by atoms with E-state index < -0.39 is 0 Å². The summed E-state index contributed by atoms with van der Waals surface area (Å²) in [5, 5.41) is 0.575. The number of thioether (sulfide) groups is 1. The van der Waals surface area contributed by atoms with E-state index in [4.69, 9.17) is 5.73 Å². The van der Waals surface area contributed by atoms with Crippen LogP contribution in [0.2, 0.25) is 0 Å². The van der Waals surface area contributed by atoms with E-state index in [1.54, 1.807) is 0 Å². The van der Waals surface area contributed by atoms with Gasteiger partial charge >= 0.3 is 0 Å². The van der Waals surface area contributed by atoms with Crippen molar-refractivity contribution in [2.24, 2.45) is 5.73 Å². The molecule has 1 aromatic rings. The largest absolute Gasteiger partial charge is 0.369 e. The normalized spacial score (nSPS) is 21.7. The Labute approximate surface area is 103 Å². The number of hydrogen-bond acceptors (Lipinski definition) is 3. The summed E-state index contributed by atoms with van der Waals surface area (Å²) in [6, 6.07) is 8.38. The summed E-state index contributed by atoms with van der Waals surface area (Å²) in [5.41, 5.74) is 7.01. The highest BCUT2D eigenvalue weighted by Crippen LogP contribution is 2.29. The number of rotatable bonds is 2. The third-order valence-corrected chi connectivity index (χ3v) is 4.50. The van der Waals surface area contributed by atoms with Gasteiger partial charge in [-0.1, -0.05) is 12.1 Å². The highest BCUT2D eigenvalue weighted by atomic mass is 79.9. The second-order valence-corrected chi connectivity index (χ2v) is 5.89. The summed E-state index contributed by atoms with van der Waals surface area (Å²) in [4.78, 5) is 2.41. The molecule has 0 spiro atoms. The minimum absolute atomic E-state index is 0.575. The number of nitrogens with zero attached hydrogens (tertiary/aromatic N) is 1. The molecule has 1 saturated heterocycles. The predicted molar refractivity (Wildman–Crippen MR) is 71.7 cm³/mol. The predicted octanol–water partition coefficient (Wildman–Crippen LogP) is 2.33. The van der Waals surface area contributed by atoms with Crippen LogP contribution in [0.5, 0.6) is 0 Å². The quantitative estimate of drug-likeness (QED) is 0.905. The van der Waals surface area contributed by atoms with Crippen LogP contribution in [0, 0.1) is 0 Å². The molecule has 2 nitrogen and oxygen atoms in total. The van der Waals surface area contributed by atoms with E-state index >= 15 is 0 Å². The van der Waals surface area contributed by atoms with Gasteiger partial charge < -0.3 is 10.6 Å². The third kappa shape index (κ3) is 2.68. The molecule has 1 atom stereocenters. The molecule has 15 heavy (non-hydrogen) atoms. The molecule has 1 aliphatic rings. The lowest BCUT2D eigenvalue weighted by molar-refractivity contribution is 0.747. The smallest absolute Gasteiger partial charge is 0.0511 e. The second kappa shape index (κ2) is 5.23. The Balaban J connectivity index is 2.13. The SMILES string of the molecule is NCC1CN(c2ccccc2Br)CCS1. The minimum atomic E-state index is 0.575. The van der Waals surface area contributed by atoms with Crippen molar-refractivity contribution in [3.05, 3.63) is 28.7 Å². The number of benzene rings is 1. The molecule has 0 aromatic heterocycles. The van der Waals surface area contributed by atoms with Gasteiger partial charge in [0, 0.05) is 35.1 Å². The summed E-state index contributed by atoms with van der Waals surface area (Å²) < 4.78 is 1.17. The van der Waals surface area contributed by atoms with E-state index in [9.17, 15) is 0 Å². The van der Waals surface area contributed by atoms with E-state index in [1.807, 2.05) is 17.8 Å². The minimum Gasteiger partial charge on any atom is -0.369 e. The maximum Gasteiger partial charge on any atom is 0.0511 e. The number of hydrogen-bond donors (Lipinski definition) is 1. The fraction of sp³-hybridized carbons (Fsp3) is 0.455. The van der Waals surface area contributed by atoms with Gasteiger partial charge in [0.1, 0.15) is 0 Å². The maximum atomic E-state index is 5.72. The van der Waals surface area contributed by atoms with Crippen LogP contribution in [-0.4, -0.2) is 30.6 Å². The molecule has 0 saturated carbocycles. The summed E-state index contributed by atoms with van der Waals surface area (Å²) in [7, 11) is 0. The van der Waals surface area contributed by atoms with Crippen molar-refractivity contribution < 1.29 is 0 Å². The van der Waals surface area contributed by atoms with Gasteiger partial charge in [-0.15, -0.1) is 0 Å². The number of anilines is 1. The van der Waals surface area contributed by atoms with Crippen molar-refractivity contribution in [2.45, 2.75) is 5.25 Å². The van der Waals surface area contributed by atoms with Crippen molar-refractivity contribution in [2.75, 3.05) is 30.3 Å². The van der Waals surface area contributed by atoms with Gasteiger partial charge in [0.15, 0.2) is 0 Å². The van der Waals surface area contributed by atoms with Crippen molar-refractivity contribution in [3.63, 3.8) is 0 Å². The lowest BCUT2D eigenvalue weighted by atomic mass is 10.2.